The first kappa shape index (κ1) is 16.1. The van der Waals surface area contributed by atoms with Crippen LogP contribution in [0.15, 0.2) is 30.6 Å². The number of hydrogen-bond acceptors (Lipinski definition) is 7. The van der Waals surface area contributed by atoms with Gasteiger partial charge in [0.1, 0.15) is 12.0 Å². The fourth-order valence-corrected chi connectivity index (χ4v) is 3.05. The standard InChI is InChI=1S/C16H20N6O2/c1-12-9-16(17-10-14(12)22(23)24)20(2)13-5-4-8-21(11-13)15-6-3-7-18-19-15/h3,6-7,9-10,13H,4-5,8,11H2,1-2H3. The highest BCUT2D eigenvalue weighted by Crippen LogP contribution is 2.25. The summed E-state index contributed by atoms with van der Waals surface area (Å²) in [5.41, 5.74) is 0.676. The highest BCUT2D eigenvalue weighted by molar-refractivity contribution is 5.49. The SMILES string of the molecule is Cc1cc(N(C)C2CCCN(c3cccnn3)C2)ncc1[N+](=O)[O-]. The van der Waals surface area contributed by atoms with E-state index in [1.54, 1.807) is 19.2 Å². The molecule has 1 aliphatic heterocycles. The molecule has 24 heavy (non-hydrogen) atoms. The van der Waals surface area contributed by atoms with Gasteiger partial charge in [0.15, 0.2) is 5.82 Å². The highest BCUT2D eigenvalue weighted by atomic mass is 16.6. The molecule has 1 saturated heterocycles. The molecular weight excluding hydrogens is 308 g/mol. The van der Waals surface area contributed by atoms with Gasteiger partial charge >= 0.3 is 0 Å². The Hall–Kier alpha value is -2.77. The number of piperidine rings is 1. The van der Waals surface area contributed by atoms with Gasteiger partial charge in [-0.05, 0) is 38.0 Å². The summed E-state index contributed by atoms with van der Waals surface area (Å²) >= 11 is 0. The molecule has 3 rings (SSSR count). The summed E-state index contributed by atoms with van der Waals surface area (Å²) in [5.74, 6) is 1.63. The fraction of sp³-hybridized carbons (Fsp3) is 0.438. The van der Waals surface area contributed by atoms with Crippen molar-refractivity contribution in [2.45, 2.75) is 25.8 Å². The summed E-state index contributed by atoms with van der Waals surface area (Å²) in [4.78, 5) is 19.1. The van der Waals surface area contributed by atoms with E-state index in [1.807, 2.05) is 19.2 Å². The molecule has 0 aliphatic carbocycles. The molecule has 1 unspecified atom stereocenters. The van der Waals surface area contributed by atoms with Crippen LogP contribution in [0.2, 0.25) is 0 Å². The van der Waals surface area contributed by atoms with Crippen LogP contribution in [-0.2, 0) is 0 Å². The maximum atomic E-state index is 10.9. The Morgan fingerprint density at radius 2 is 2.29 bits per heavy atom. The smallest absolute Gasteiger partial charge is 0.290 e. The minimum absolute atomic E-state index is 0.0528. The third kappa shape index (κ3) is 3.27. The molecule has 0 saturated carbocycles. The van der Waals surface area contributed by atoms with Crippen molar-refractivity contribution in [1.82, 2.24) is 15.2 Å². The molecule has 0 N–H and O–H groups in total. The molecule has 1 atom stereocenters. The second kappa shape index (κ2) is 6.77. The zero-order valence-corrected chi connectivity index (χ0v) is 13.8. The van der Waals surface area contributed by atoms with Crippen molar-refractivity contribution in [3.8, 4) is 0 Å². The Labute approximate surface area is 140 Å². The van der Waals surface area contributed by atoms with Gasteiger partial charge in [0.05, 0.1) is 4.92 Å². The predicted molar refractivity (Wildman–Crippen MR) is 91.3 cm³/mol. The Balaban J connectivity index is 1.76. The summed E-state index contributed by atoms with van der Waals surface area (Å²) in [6, 6.07) is 5.90. The number of pyridine rings is 1. The average Bonchev–Trinajstić information content (AvgIpc) is 2.61. The quantitative estimate of drug-likeness (QED) is 0.628. The lowest BCUT2D eigenvalue weighted by molar-refractivity contribution is -0.385. The minimum Gasteiger partial charge on any atom is -0.355 e. The monoisotopic (exact) mass is 328 g/mol. The Morgan fingerprint density at radius 1 is 1.46 bits per heavy atom. The molecule has 3 heterocycles. The second-order valence-electron chi connectivity index (χ2n) is 6.02. The fourth-order valence-electron chi connectivity index (χ4n) is 3.05. The van der Waals surface area contributed by atoms with E-state index in [4.69, 9.17) is 0 Å². The molecule has 2 aromatic heterocycles. The number of nitrogens with zero attached hydrogens (tertiary/aromatic N) is 6. The zero-order valence-electron chi connectivity index (χ0n) is 13.8. The normalized spacial score (nSPS) is 17.6. The van der Waals surface area contributed by atoms with Crippen molar-refractivity contribution in [2.24, 2.45) is 0 Å². The van der Waals surface area contributed by atoms with Crippen molar-refractivity contribution in [3.05, 3.63) is 46.3 Å². The van der Waals surface area contributed by atoms with Gasteiger partial charge in [-0.2, -0.15) is 5.10 Å². The number of rotatable bonds is 4. The van der Waals surface area contributed by atoms with E-state index in [2.05, 4.69) is 25.0 Å². The van der Waals surface area contributed by atoms with Crippen molar-refractivity contribution >= 4 is 17.3 Å². The van der Waals surface area contributed by atoms with E-state index in [0.717, 1.165) is 37.6 Å². The molecular formula is C16H20N6O2. The van der Waals surface area contributed by atoms with Crippen LogP contribution in [0.25, 0.3) is 0 Å². The summed E-state index contributed by atoms with van der Waals surface area (Å²) in [5, 5.41) is 19.1. The van der Waals surface area contributed by atoms with Gasteiger partial charge < -0.3 is 9.80 Å². The molecule has 2 aromatic rings. The number of nitro groups is 1. The van der Waals surface area contributed by atoms with Crippen molar-refractivity contribution in [2.75, 3.05) is 29.9 Å². The summed E-state index contributed by atoms with van der Waals surface area (Å²) in [6.07, 6.45) is 5.10. The number of aryl methyl sites for hydroxylation is 1. The van der Waals surface area contributed by atoms with Crippen LogP contribution in [0.4, 0.5) is 17.3 Å². The Morgan fingerprint density at radius 3 is 2.96 bits per heavy atom. The average molecular weight is 328 g/mol. The summed E-state index contributed by atoms with van der Waals surface area (Å²) in [7, 11) is 1.98. The first-order valence-electron chi connectivity index (χ1n) is 7.93. The second-order valence-corrected chi connectivity index (χ2v) is 6.02. The summed E-state index contributed by atoms with van der Waals surface area (Å²) in [6.45, 7) is 3.52. The third-order valence-electron chi connectivity index (χ3n) is 4.45. The van der Waals surface area contributed by atoms with E-state index in [9.17, 15) is 10.1 Å². The Bertz CT molecular complexity index is 724. The number of hydrogen-bond donors (Lipinski definition) is 0. The van der Waals surface area contributed by atoms with E-state index in [0.29, 0.717) is 5.56 Å². The van der Waals surface area contributed by atoms with Crippen LogP contribution in [0.3, 0.4) is 0 Å². The van der Waals surface area contributed by atoms with E-state index >= 15 is 0 Å². The summed E-state index contributed by atoms with van der Waals surface area (Å²) < 4.78 is 0. The first-order valence-corrected chi connectivity index (χ1v) is 7.93. The number of anilines is 2. The Kier molecular flexibility index (Phi) is 4.54. The van der Waals surface area contributed by atoms with Crippen LogP contribution in [0.5, 0.6) is 0 Å². The molecule has 1 aliphatic rings. The molecule has 126 valence electrons. The topological polar surface area (TPSA) is 88.3 Å². The van der Waals surface area contributed by atoms with Crippen molar-refractivity contribution in [1.29, 1.82) is 0 Å². The molecule has 8 heteroatoms. The lowest BCUT2D eigenvalue weighted by Gasteiger charge is -2.38. The third-order valence-corrected chi connectivity index (χ3v) is 4.45. The van der Waals surface area contributed by atoms with Gasteiger partial charge in [-0.3, -0.25) is 10.1 Å². The van der Waals surface area contributed by atoms with Crippen LogP contribution < -0.4 is 9.80 Å². The van der Waals surface area contributed by atoms with Gasteiger partial charge in [0.2, 0.25) is 0 Å². The van der Waals surface area contributed by atoms with E-state index < -0.39 is 4.92 Å². The van der Waals surface area contributed by atoms with Crippen LogP contribution in [0, 0.1) is 17.0 Å². The molecule has 0 amide bonds. The minimum atomic E-state index is -0.400. The predicted octanol–water partition coefficient (Wildman–Crippen LogP) is 2.19. The maximum absolute atomic E-state index is 10.9. The highest BCUT2D eigenvalue weighted by Gasteiger charge is 2.25. The van der Waals surface area contributed by atoms with Crippen molar-refractivity contribution < 1.29 is 4.92 Å². The van der Waals surface area contributed by atoms with Gasteiger partial charge in [0.25, 0.3) is 5.69 Å². The van der Waals surface area contributed by atoms with Crippen molar-refractivity contribution in [3.63, 3.8) is 0 Å². The van der Waals surface area contributed by atoms with Gasteiger partial charge in [0, 0.05) is 37.9 Å². The van der Waals surface area contributed by atoms with Gasteiger partial charge in [-0.25, -0.2) is 4.98 Å². The largest absolute Gasteiger partial charge is 0.355 e. The molecule has 0 bridgehead atoms. The number of aromatic nitrogens is 3. The van der Waals surface area contributed by atoms with E-state index in [1.165, 1.54) is 6.20 Å². The molecule has 8 nitrogen and oxygen atoms in total. The van der Waals surface area contributed by atoms with Crippen LogP contribution in [0.1, 0.15) is 18.4 Å². The van der Waals surface area contributed by atoms with Crippen LogP contribution in [-0.4, -0.2) is 46.3 Å². The molecule has 0 aromatic carbocycles. The zero-order chi connectivity index (χ0) is 17.1. The molecule has 1 fully saturated rings. The van der Waals surface area contributed by atoms with Gasteiger partial charge in [-0.1, -0.05) is 0 Å². The van der Waals surface area contributed by atoms with E-state index in [-0.39, 0.29) is 11.7 Å². The lowest BCUT2D eigenvalue weighted by Crippen LogP contribution is -2.47. The number of likely N-dealkylation sites (N-methyl/N-ethyl adjacent to an activating group) is 1. The maximum Gasteiger partial charge on any atom is 0.290 e. The van der Waals surface area contributed by atoms with Crippen LogP contribution >= 0.6 is 0 Å². The first-order chi connectivity index (χ1) is 11.6. The van der Waals surface area contributed by atoms with Gasteiger partial charge in [-0.15, -0.1) is 5.10 Å². The molecule has 0 radical (unpaired) electrons. The molecule has 0 spiro atoms. The lowest BCUT2D eigenvalue weighted by atomic mass is 10.0.